The number of nitrogens with zero attached hydrogens (tertiary/aromatic N) is 5. The van der Waals surface area contributed by atoms with Gasteiger partial charge in [0.25, 0.3) is 0 Å². The molecule has 12 heteroatoms. The quantitative estimate of drug-likeness (QED) is 0.315. The van der Waals surface area contributed by atoms with Crippen LogP contribution in [0.25, 0.3) is 32.9 Å². The molecule has 4 aromatic rings. The molecular weight excluding hydrogens is 597 g/mol. The van der Waals surface area contributed by atoms with E-state index >= 15 is 4.39 Å². The van der Waals surface area contributed by atoms with Crippen molar-refractivity contribution in [2.24, 2.45) is 5.41 Å². The standard InChI is InChI=1S/C34H33F3N6O3/c1-2-23-26(36)5-4-20-10-22(44)11-24(27(20)23)29-28(37)30-25(13-39-29)31(42-8-9-45-18-33(17-42)15-38-16-33)41-32(40-30)46-19-34-6-3-7-43(34)14-21(35)12-34/h1,4-5,10-11,13,21,38,44H,3,6-9,12,14-19H2/t21-,34+/m1/s1. The molecule has 6 heterocycles. The second kappa shape index (κ2) is 11.0. The van der Waals surface area contributed by atoms with Gasteiger partial charge in [-0.1, -0.05) is 12.0 Å². The van der Waals surface area contributed by atoms with E-state index < -0.39 is 23.3 Å². The van der Waals surface area contributed by atoms with Gasteiger partial charge in [0.2, 0.25) is 0 Å². The van der Waals surface area contributed by atoms with E-state index in [-0.39, 0.29) is 51.5 Å². The SMILES string of the molecule is C#Cc1c(F)ccc2cc(O)cc(-c3ncc4c(N5CCOCC6(CNC6)C5)nc(OC[C@@]56CCCN5C[C@H](F)C6)nc4c3F)c12. The van der Waals surface area contributed by atoms with E-state index in [0.717, 1.165) is 32.5 Å². The molecule has 9 nitrogen and oxygen atoms in total. The number of alkyl halides is 1. The van der Waals surface area contributed by atoms with Crippen molar-refractivity contribution in [1.29, 1.82) is 0 Å². The third kappa shape index (κ3) is 4.71. The molecule has 1 spiro atoms. The third-order valence-corrected chi connectivity index (χ3v) is 10.1. The summed E-state index contributed by atoms with van der Waals surface area (Å²) >= 11 is 0. The van der Waals surface area contributed by atoms with Crippen LogP contribution in [0, 0.1) is 29.4 Å². The van der Waals surface area contributed by atoms with E-state index in [0.29, 0.717) is 55.9 Å². The predicted octanol–water partition coefficient (Wildman–Crippen LogP) is 4.19. The van der Waals surface area contributed by atoms with Gasteiger partial charge in [0, 0.05) is 61.7 Å². The maximum atomic E-state index is 16.8. The summed E-state index contributed by atoms with van der Waals surface area (Å²) in [5, 5.41) is 14.9. The molecule has 46 heavy (non-hydrogen) atoms. The summed E-state index contributed by atoms with van der Waals surface area (Å²) in [5.74, 6) is 1.24. The average Bonchev–Trinajstić information content (AvgIpc) is 3.44. The van der Waals surface area contributed by atoms with Crippen LogP contribution >= 0.6 is 0 Å². The summed E-state index contributed by atoms with van der Waals surface area (Å²) in [6.07, 6.45) is 8.37. The summed E-state index contributed by atoms with van der Waals surface area (Å²) in [5.41, 5.74) is -0.682. The van der Waals surface area contributed by atoms with Gasteiger partial charge in [-0.25, -0.2) is 13.2 Å². The molecule has 2 N–H and O–H groups in total. The maximum Gasteiger partial charge on any atom is 0.319 e. The van der Waals surface area contributed by atoms with Gasteiger partial charge in [-0.15, -0.1) is 6.42 Å². The van der Waals surface area contributed by atoms with Gasteiger partial charge in [0.15, 0.2) is 5.82 Å². The Morgan fingerprint density at radius 2 is 2.07 bits per heavy atom. The Bertz CT molecular complexity index is 1910. The number of fused-ring (bicyclic) bond motifs is 3. The third-order valence-electron chi connectivity index (χ3n) is 10.1. The summed E-state index contributed by atoms with van der Waals surface area (Å²) in [6, 6.07) is 5.42. The van der Waals surface area contributed by atoms with Gasteiger partial charge in [-0.3, -0.25) is 9.88 Å². The van der Waals surface area contributed by atoms with Gasteiger partial charge in [-0.2, -0.15) is 9.97 Å². The molecule has 4 aliphatic heterocycles. The van der Waals surface area contributed by atoms with Crippen molar-refractivity contribution in [3.8, 4) is 35.4 Å². The number of hydrogen-bond donors (Lipinski definition) is 2. The van der Waals surface area contributed by atoms with Gasteiger partial charge in [-0.05, 0) is 43.0 Å². The summed E-state index contributed by atoms with van der Waals surface area (Å²) < 4.78 is 58.4. The van der Waals surface area contributed by atoms with Crippen LogP contribution in [0.2, 0.25) is 0 Å². The number of aromatic hydroxyl groups is 1. The van der Waals surface area contributed by atoms with Crippen molar-refractivity contribution in [2.45, 2.75) is 31.0 Å². The Morgan fingerprint density at radius 1 is 1.20 bits per heavy atom. The molecule has 2 atom stereocenters. The second-order valence-electron chi connectivity index (χ2n) is 13.1. The molecule has 0 unspecified atom stereocenters. The predicted molar refractivity (Wildman–Crippen MR) is 167 cm³/mol. The van der Waals surface area contributed by atoms with Crippen molar-refractivity contribution in [3.05, 3.63) is 47.7 Å². The van der Waals surface area contributed by atoms with Crippen LogP contribution < -0.4 is 15.0 Å². The van der Waals surface area contributed by atoms with Crippen molar-refractivity contribution in [2.75, 3.05) is 64.0 Å². The lowest BCUT2D eigenvalue weighted by molar-refractivity contribution is 0.0360. The number of ether oxygens (including phenoxy) is 2. The lowest BCUT2D eigenvalue weighted by atomic mass is 9.82. The number of anilines is 1. The van der Waals surface area contributed by atoms with Crippen LogP contribution in [0.4, 0.5) is 19.0 Å². The smallest absolute Gasteiger partial charge is 0.319 e. The average molecular weight is 631 g/mol. The Hall–Kier alpha value is -4.18. The highest BCUT2D eigenvalue weighted by molar-refractivity contribution is 6.03. The number of terminal acetylenes is 1. The first kappa shape index (κ1) is 29.2. The van der Waals surface area contributed by atoms with Crippen LogP contribution in [-0.2, 0) is 4.74 Å². The van der Waals surface area contributed by atoms with Gasteiger partial charge in [0.1, 0.15) is 41.4 Å². The van der Waals surface area contributed by atoms with Crippen molar-refractivity contribution in [3.63, 3.8) is 0 Å². The van der Waals surface area contributed by atoms with Crippen LogP contribution in [-0.4, -0.2) is 95.8 Å². The van der Waals surface area contributed by atoms with Gasteiger partial charge in [0.05, 0.1) is 29.7 Å². The number of phenols is 1. The molecule has 4 fully saturated rings. The summed E-state index contributed by atoms with van der Waals surface area (Å²) in [4.78, 5) is 18.1. The molecule has 0 bridgehead atoms. The number of benzene rings is 2. The monoisotopic (exact) mass is 630 g/mol. The zero-order valence-electron chi connectivity index (χ0n) is 25.2. The zero-order valence-corrected chi connectivity index (χ0v) is 25.2. The normalized spacial score (nSPS) is 24.2. The fourth-order valence-electron chi connectivity index (χ4n) is 7.78. The van der Waals surface area contributed by atoms with E-state index in [1.807, 2.05) is 0 Å². The number of rotatable bonds is 5. The molecular formula is C34H33F3N6O3. The van der Waals surface area contributed by atoms with Crippen molar-refractivity contribution < 1.29 is 27.8 Å². The van der Waals surface area contributed by atoms with E-state index in [2.05, 4.69) is 31.0 Å². The minimum absolute atomic E-state index is 0.0239. The van der Waals surface area contributed by atoms with Gasteiger partial charge >= 0.3 is 6.01 Å². The van der Waals surface area contributed by atoms with E-state index in [4.69, 9.17) is 20.9 Å². The molecule has 2 aromatic heterocycles. The molecule has 4 saturated heterocycles. The molecule has 0 aliphatic carbocycles. The molecule has 0 saturated carbocycles. The Balaban J connectivity index is 1.28. The summed E-state index contributed by atoms with van der Waals surface area (Å²) in [6.45, 7) is 5.12. The first-order valence-electron chi connectivity index (χ1n) is 15.6. The largest absolute Gasteiger partial charge is 0.508 e. The Labute approximate surface area is 263 Å². The number of pyridine rings is 1. The van der Waals surface area contributed by atoms with Crippen molar-refractivity contribution >= 4 is 27.5 Å². The lowest BCUT2D eigenvalue weighted by Crippen LogP contribution is -2.60. The lowest BCUT2D eigenvalue weighted by Gasteiger charge is -2.43. The Kier molecular flexibility index (Phi) is 6.97. The summed E-state index contributed by atoms with van der Waals surface area (Å²) in [7, 11) is 0. The first-order valence-corrected chi connectivity index (χ1v) is 15.6. The van der Waals surface area contributed by atoms with Crippen LogP contribution in [0.15, 0.2) is 30.5 Å². The van der Waals surface area contributed by atoms with E-state index in [1.165, 1.54) is 30.5 Å². The number of halogens is 3. The van der Waals surface area contributed by atoms with Gasteiger partial charge < -0.3 is 24.8 Å². The highest BCUT2D eigenvalue weighted by Crippen LogP contribution is 2.42. The Morgan fingerprint density at radius 3 is 2.87 bits per heavy atom. The molecule has 4 aliphatic rings. The zero-order chi connectivity index (χ0) is 31.6. The number of aromatic nitrogens is 3. The highest BCUT2D eigenvalue weighted by atomic mass is 19.1. The van der Waals surface area contributed by atoms with Crippen LogP contribution in [0.3, 0.4) is 0 Å². The van der Waals surface area contributed by atoms with Crippen LogP contribution in [0.1, 0.15) is 24.8 Å². The fourth-order valence-corrected chi connectivity index (χ4v) is 7.78. The maximum absolute atomic E-state index is 16.8. The molecule has 8 rings (SSSR count). The second-order valence-corrected chi connectivity index (χ2v) is 13.1. The topological polar surface area (TPSA) is 95.9 Å². The number of phenolic OH excluding ortho intramolecular Hbond substituents is 1. The number of hydrogen-bond acceptors (Lipinski definition) is 9. The molecule has 238 valence electrons. The van der Waals surface area contributed by atoms with Crippen molar-refractivity contribution in [1.82, 2.24) is 25.2 Å². The first-order chi connectivity index (χ1) is 22.3. The minimum Gasteiger partial charge on any atom is -0.508 e. The van der Waals surface area contributed by atoms with Crippen LogP contribution in [0.5, 0.6) is 11.8 Å². The fraction of sp³-hybridized carbons (Fsp3) is 0.441. The van der Waals surface area contributed by atoms with E-state index in [1.54, 1.807) is 0 Å². The molecule has 2 aromatic carbocycles. The minimum atomic E-state index is -0.928. The number of nitrogens with one attached hydrogen (secondary N) is 1. The molecule has 0 radical (unpaired) electrons. The highest BCUT2D eigenvalue weighted by Gasteiger charge is 2.49. The van der Waals surface area contributed by atoms with E-state index in [9.17, 15) is 13.9 Å². The molecule has 0 amide bonds.